The Kier molecular flexibility index (Phi) is 7.35. The summed E-state index contributed by atoms with van der Waals surface area (Å²) < 4.78 is 13.9. The molecule has 0 saturated heterocycles. The van der Waals surface area contributed by atoms with Crippen molar-refractivity contribution in [2.24, 2.45) is 0 Å². The number of aromatic nitrogens is 2. The molecule has 1 heterocycles. The lowest BCUT2D eigenvalue weighted by atomic mass is 10.1. The highest BCUT2D eigenvalue weighted by Gasteiger charge is 2.33. The number of rotatable bonds is 11. The standard InChI is InChI=1S/C30H33N3O3/c1-3-28-27(20-32(23-17-18-23)21-29(34)22-11-6-4-7-12-22)30(33(31-28)24-13-8-5-9-14-24)36-26-16-10-15-25(19-26)35-2/h4-16,19,23,29,34H,3,17-18,20-21H2,1-2H3. The van der Waals surface area contributed by atoms with E-state index in [9.17, 15) is 5.11 Å². The molecule has 6 heteroatoms. The average Bonchev–Trinajstić information content (AvgIpc) is 3.73. The maximum Gasteiger partial charge on any atom is 0.227 e. The highest BCUT2D eigenvalue weighted by Crippen LogP contribution is 2.36. The molecule has 1 aliphatic carbocycles. The van der Waals surface area contributed by atoms with Gasteiger partial charge in [-0.1, -0.05) is 61.5 Å². The van der Waals surface area contributed by atoms with Gasteiger partial charge in [0.05, 0.1) is 30.2 Å². The van der Waals surface area contributed by atoms with Gasteiger partial charge in [-0.3, -0.25) is 4.90 Å². The van der Waals surface area contributed by atoms with Gasteiger partial charge in [-0.15, -0.1) is 0 Å². The fourth-order valence-corrected chi connectivity index (χ4v) is 4.53. The van der Waals surface area contributed by atoms with Gasteiger partial charge in [-0.25, -0.2) is 4.68 Å². The zero-order valence-corrected chi connectivity index (χ0v) is 20.9. The van der Waals surface area contributed by atoms with Crippen molar-refractivity contribution in [1.29, 1.82) is 0 Å². The molecule has 4 aromatic rings. The van der Waals surface area contributed by atoms with E-state index in [-0.39, 0.29) is 0 Å². The number of benzene rings is 3. The first-order chi connectivity index (χ1) is 17.7. The second kappa shape index (κ2) is 11.0. The van der Waals surface area contributed by atoms with Crippen LogP contribution in [0.1, 0.15) is 42.7 Å². The van der Waals surface area contributed by atoms with E-state index in [4.69, 9.17) is 14.6 Å². The second-order valence-electron chi connectivity index (χ2n) is 9.20. The molecule has 36 heavy (non-hydrogen) atoms. The number of ether oxygens (including phenoxy) is 2. The van der Waals surface area contributed by atoms with Gasteiger partial charge in [-0.05, 0) is 49.1 Å². The molecule has 3 aromatic carbocycles. The van der Waals surface area contributed by atoms with Crippen molar-refractivity contribution in [3.05, 3.63) is 102 Å². The molecule has 1 aliphatic rings. The van der Waals surface area contributed by atoms with Crippen LogP contribution in [-0.4, -0.2) is 39.5 Å². The van der Waals surface area contributed by atoms with Crippen molar-refractivity contribution in [1.82, 2.24) is 14.7 Å². The fraction of sp³-hybridized carbons (Fsp3) is 0.300. The first kappa shape index (κ1) is 24.1. The minimum atomic E-state index is -0.552. The van der Waals surface area contributed by atoms with Crippen LogP contribution in [0.15, 0.2) is 84.9 Å². The number of aliphatic hydroxyl groups excluding tert-OH is 1. The molecule has 0 bridgehead atoms. The van der Waals surface area contributed by atoms with Crippen LogP contribution in [0.4, 0.5) is 0 Å². The van der Waals surface area contributed by atoms with E-state index in [1.165, 1.54) is 0 Å². The molecule has 0 amide bonds. The summed E-state index contributed by atoms with van der Waals surface area (Å²) in [7, 11) is 1.65. The molecule has 0 aliphatic heterocycles. The van der Waals surface area contributed by atoms with Crippen LogP contribution in [0.25, 0.3) is 5.69 Å². The summed E-state index contributed by atoms with van der Waals surface area (Å²) in [5.41, 5.74) is 3.93. The number of hydrogen-bond acceptors (Lipinski definition) is 5. The molecule has 1 atom stereocenters. The number of aliphatic hydroxyl groups is 1. The molecular weight excluding hydrogens is 450 g/mol. The lowest BCUT2D eigenvalue weighted by molar-refractivity contribution is 0.104. The van der Waals surface area contributed by atoms with Gasteiger partial charge in [0.2, 0.25) is 5.88 Å². The molecule has 186 valence electrons. The van der Waals surface area contributed by atoms with Crippen molar-refractivity contribution in [2.45, 2.75) is 44.9 Å². The Morgan fingerprint density at radius 1 is 0.972 bits per heavy atom. The van der Waals surface area contributed by atoms with E-state index in [1.54, 1.807) is 7.11 Å². The average molecular weight is 484 g/mol. The first-order valence-electron chi connectivity index (χ1n) is 12.6. The number of para-hydroxylation sites is 1. The molecule has 1 fully saturated rings. The van der Waals surface area contributed by atoms with E-state index < -0.39 is 6.10 Å². The first-order valence-corrected chi connectivity index (χ1v) is 12.6. The summed E-state index contributed by atoms with van der Waals surface area (Å²) in [5, 5.41) is 16.0. The Balaban J connectivity index is 1.51. The largest absolute Gasteiger partial charge is 0.497 e. The van der Waals surface area contributed by atoms with Crippen LogP contribution in [0.5, 0.6) is 17.4 Å². The van der Waals surface area contributed by atoms with Crippen LogP contribution in [0, 0.1) is 0 Å². The number of nitrogens with zero attached hydrogens (tertiary/aromatic N) is 3. The Labute approximate surface area is 212 Å². The molecule has 6 nitrogen and oxygen atoms in total. The van der Waals surface area contributed by atoms with E-state index in [0.29, 0.717) is 30.8 Å². The maximum atomic E-state index is 11.0. The van der Waals surface area contributed by atoms with Crippen LogP contribution in [-0.2, 0) is 13.0 Å². The number of aryl methyl sites for hydroxylation is 1. The minimum Gasteiger partial charge on any atom is -0.497 e. The predicted octanol–water partition coefficient (Wildman–Crippen LogP) is 5.93. The summed E-state index contributed by atoms with van der Waals surface area (Å²) in [4.78, 5) is 2.38. The lowest BCUT2D eigenvalue weighted by Crippen LogP contribution is -2.30. The third-order valence-corrected chi connectivity index (χ3v) is 6.63. The van der Waals surface area contributed by atoms with Crippen molar-refractivity contribution in [2.75, 3.05) is 13.7 Å². The monoisotopic (exact) mass is 483 g/mol. The van der Waals surface area contributed by atoms with Gasteiger partial charge in [0.15, 0.2) is 0 Å². The molecule has 1 aromatic heterocycles. The minimum absolute atomic E-state index is 0.456. The zero-order valence-electron chi connectivity index (χ0n) is 20.9. The van der Waals surface area contributed by atoms with Crippen LogP contribution >= 0.6 is 0 Å². The van der Waals surface area contributed by atoms with Gasteiger partial charge >= 0.3 is 0 Å². The Hall–Kier alpha value is -3.61. The SMILES string of the molecule is CCc1nn(-c2ccccc2)c(Oc2cccc(OC)c2)c1CN(CC(O)c1ccccc1)C1CC1. The quantitative estimate of drug-likeness (QED) is 0.286. The van der Waals surface area contributed by atoms with Crippen LogP contribution in [0.2, 0.25) is 0 Å². The maximum absolute atomic E-state index is 11.0. The van der Waals surface area contributed by atoms with Crippen molar-refractivity contribution in [3.8, 4) is 23.1 Å². The zero-order chi connectivity index (χ0) is 24.9. The predicted molar refractivity (Wildman–Crippen MR) is 141 cm³/mol. The summed E-state index contributed by atoms with van der Waals surface area (Å²) in [6.07, 6.45) is 2.51. The lowest BCUT2D eigenvalue weighted by Gasteiger charge is -2.25. The number of methoxy groups -OCH3 is 1. The molecular formula is C30H33N3O3. The van der Waals surface area contributed by atoms with E-state index in [0.717, 1.165) is 47.5 Å². The van der Waals surface area contributed by atoms with E-state index in [1.807, 2.05) is 89.6 Å². The molecule has 0 spiro atoms. The third kappa shape index (κ3) is 5.45. The Bertz CT molecular complexity index is 1270. The van der Waals surface area contributed by atoms with Crippen LogP contribution < -0.4 is 9.47 Å². The molecule has 5 rings (SSSR count). The topological polar surface area (TPSA) is 59.8 Å². The summed E-state index contributed by atoms with van der Waals surface area (Å²) >= 11 is 0. The molecule has 1 saturated carbocycles. The summed E-state index contributed by atoms with van der Waals surface area (Å²) in [6, 6.07) is 28.1. The normalized spacial score (nSPS) is 14.1. The number of hydrogen-bond donors (Lipinski definition) is 1. The highest BCUT2D eigenvalue weighted by molar-refractivity contribution is 5.45. The molecule has 1 N–H and O–H groups in total. The Morgan fingerprint density at radius 2 is 1.67 bits per heavy atom. The molecule has 1 unspecified atom stereocenters. The third-order valence-electron chi connectivity index (χ3n) is 6.63. The summed E-state index contributed by atoms with van der Waals surface area (Å²) in [5.74, 6) is 2.13. The van der Waals surface area contributed by atoms with Gasteiger partial charge in [0.1, 0.15) is 11.5 Å². The van der Waals surface area contributed by atoms with Crippen LogP contribution in [0.3, 0.4) is 0 Å². The van der Waals surface area contributed by atoms with Crippen molar-refractivity contribution < 1.29 is 14.6 Å². The van der Waals surface area contributed by atoms with E-state index in [2.05, 4.69) is 11.8 Å². The van der Waals surface area contributed by atoms with E-state index >= 15 is 0 Å². The van der Waals surface area contributed by atoms with Crippen molar-refractivity contribution >= 4 is 0 Å². The smallest absolute Gasteiger partial charge is 0.227 e. The fourth-order valence-electron chi connectivity index (χ4n) is 4.53. The van der Waals surface area contributed by atoms with Gasteiger partial charge in [0, 0.05) is 25.2 Å². The van der Waals surface area contributed by atoms with Crippen molar-refractivity contribution in [3.63, 3.8) is 0 Å². The summed E-state index contributed by atoms with van der Waals surface area (Å²) in [6.45, 7) is 3.34. The van der Waals surface area contributed by atoms with Gasteiger partial charge < -0.3 is 14.6 Å². The van der Waals surface area contributed by atoms with Gasteiger partial charge in [0.25, 0.3) is 0 Å². The Morgan fingerprint density at radius 3 is 2.33 bits per heavy atom. The van der Waals surface area contributed by atoms with Gasteiger partial charge in [-0.2, -0.15) is 5.10 Å². The molecule has 0 radical (unpaired) electrons. The highest BCUT2D eigenvalue weighted by atomic mass is 16.5. The second-order valence-corrected chi connectivity index (χ2v) is 9.20.